The predicted octanol–water partition coefficient (Wildman–Crippen LogP) is 1.52. The molecule has 6 heteroatoms. The smallest absolute Gasteiger partial charge is 0.243 e. The van der Waals surface area contributed by atoms with E-state index in [1.807, 2.05) is 0 Å². The van der Waals surface area contributed by atoms with Crippen molar-refractivity contribution < 1.29 is 8.42 Å². The van der Waals surface area contributed by atoms with Gasteiger partial charge in [0.25, 0.3) is 0 Å². The van der Waals surface area contributed by atoms with Gasteiger partial charge in [0.1, 0.15) is 0 Å². The van der Waals surface area contributed by atoms with E-state index < -0.39 is 10.0 Å². The first-order valence-electron chi connectivity index (χ1n) is 7.67. The van der Waals surface area contributed by atoms with Gasteiger partial charge < -0.3 is 5.73 Å². The maximum atomic E-state index is 12.7. The third kappa shape index (κ3) is 3.07. The number of likely N-dealkylation sites (tertiary alicyclic amines) is 1. The van der Waals surface area contributed by atoms with E-state index in [0.717, 1.165) is 25.9 Å². The Hall–Kier alpha value is -1.11. The second-order valence-electron chi connectivity index (χ2n) is 5.97. The first-order valence-corrected chi connectivity index (χ1v) is 9.11. The highest BCUT2D eigenvalue weighted by atomic mass is 32.2. The molecule has 1 atom stereocenters. The van der Waals surface area contributed by atoms with Crippen molar-refractivity contribution in [2.24, 2.45) is 0 Å². The maximum Gasteiger partial charge on any atom is 0.243 e. The summed E-state index contributed by atoms with van der Waals surface area (Å²) in [6.07, 6.45) is 4.52. The minimum Gasteiger partial charge on any atom is -0.399 e. The van der Waals surface area contributed by atoms with Crippen molar-refractivity contribution in [1.29, 1.82) is 0 Å². The van der Waals surface area contributed by atoms with Crippen LogP contribution in [0.4, 0.5) is 5.69 Å². The molecular formula is C15H23N3O2S. The van der Waals surface area contributed by atoms with Gasteiger partial charge in [-0.1, -0.05) is 0 Å². The van der Waals surface area contributed by atoms with E-state index >= 15 is 0 Å². The molecule has 0 spiro atoms. The summed E-state index contributed by atoms with van der Waals surface area (Å²) in [5, 5.41) is 0. The molecule has 1 unspecified atom stereocenters. The van der Waals surface area contributed by atoms with Gasteiger partial charge in [-0.25, -0.2) is 8.42 Å². The van der Waals surface area contributed by atoms with Gasteiger partial charge in [0, 0.05) is 24.8 Å². The molecule has 2 heterocycles. The first kappa shape index (κ1) is 14.8. The second-order valence-corrected chi connectivity index (χ2v) is 7.91. The zero-order valence-corrected chi connectivity index (χ0v) is 13.1. The lowest BCUT2D eigenvalue weighted by Gasteiger charge is -2.36. The number of hydrogen-bond acceptors (Lipinski definition) is 4. The Balaban J connectivity index is 1.76. The van der Waals surface area contributed by atoms with Crippen molar-refractivity contribution in [3.05, 3.63) is 24.3 Å². The number of piperidine rings is 1. The molecule has 0 radical (unpaired) electrons. The van der Waals surface area contributed by atoms with Crippen LogP contribution in [0.2, 0.25) is 0 Å². The fourth-order valence-electron chi connectivity index (χ4n) is 3.33. The van der Waals surface area contributed by atoms with Gasteiger partial charge in [-0.3, -0.25) is 4.90 Å². The standard InChI is InChI=1S/C15H23N3O2S/c16-13-5-7-15(8-6-13)21(19,20)18-11-3-4-14(12-18)17-9-1-2-10-17/h5-8,14H,1-4,9-12,16H2. The summed E-state index contributed by atoms with van der Waals surface area (Å²) < 4.78 is 27.1. The number of nitrogen functional groups attached to an aromatic ring is 1. The summed E-state index contributed by atoms with van der Waals surface area (Å²) in [5.74, 6) is 0. The summed E-state index contributed by atoms with van der Waals surface area (Å²) >= 11 is 0. The molecule has 5 nitrogen and oxygen atoms in total. The van der Waals surface area contributed by atoms with Gasteiger partial charge in [0.05, 0.1) is 4.90 Å². The maximum absolute atomic E-state index is 12.7. The molecule has 0 amide bonds. The second kappa shape index (κ2) is 5.94. The lowest BCUT2D eigenvalue weighted by atomic mass is 10.1. The molecule has 0 aromatic heterocycles. The van der Waals surface area contributed by atoms with E-state index in [4.69, 9.17) is 5.73 Å². The number of benzene rings is 1. The number of nitrogens with zero attached hydrogens (tertiary/aromatic N) is 2. The van der Waals surface area contributed by atoms with Crippen molar-refractivity contribution in [3.63, 3.8) is 0 Å². The van der Waals surface area contributed by atoms with Gasteiger partial charge in [0.15, 0.2) is 0 Å². The molecule has 0 aliphatic carbocycles. The van der Waals surface area contributed by atoms with Gasteiger partial charge in [-0.15, -0.1) is 0 Å². The number of nitrogens with two attached hydrogens (primary N) is 1. The Morgan fingerprint density at radius 1 is 1.00 bits per heavy atom. The van der Waals surface area contributed by atoms with E-state index in [1.54, 1.807) is 28.6 Å². The van der Waals surface area contributed by atoms with Crippen LogP contribution >= 0.6 is 0 Å². The highest BCUT2D eigenvalue weighted by Gasteiger charge is 2.33. The highest BCUT2D eigenvalue weighted by molar-refractivity contribution is 7.89. The summed E-state index contributed by atoms with van der Waals surface area (Å²) in [6.45, 7) is 3.46. The van der Waals surface area contributed by atoms with Crippen molar-refractivity contribution in [3.8, 4) is 0 Å². The molecule has 0 bridgehead atoms. The molecule has 116 valence electrons. The average Bonchev–Trinajstić information content (AvgIpc) is 3.02. The summed E-state index contributed by atoms with van der Waals surface area (Å²) in [5.41, 5.74) is 6.22. The van der Waals surface area contributed by atoms with Crippen LogP contribution in [0.15, 0.2) is 29.2 Å². The zero-order valence-electron chi connectivity index (χ0n) is 12.2. The Morgan fingerprint density at radius 3 is 2.33 bits per heavy atom. The average molecular weight is 309 g/mol. The van der Waals surface area contributed by atoms with E-state index in [9.17, 15) is 8.42 Å². The van der Waals surface area contributed by atoms with Gasteiger partial charge in [-0.05, 0) is 63.0 Å². The lowest BCUT2D eigenvalue weighted by molar-refractivity contribution is 0.162. The van der Waals surface area contributed by atoms with Gasteiger partial charge in [-0.2, -0.15) is 4.31 Å². The van der Waals surface area contributed by atoms with E-state index in [-0.39, 0.29) is 0 Å². The number of rotatable bonds is 3. The third-order valence-electron chi connectivity index (χ3n) is 4.53. The molecule has 2 fully saturated rings. The lowest BCUT2D eigenvalue weighted by Crippen LogP contribution is -2.48. The predicted molar refractivity (Wildman–Crippen MR) is 83.4 cm³/mol. The van der Waals surface area contributed by atoms with E-state index in [0.29, 0.717) is 29.7 Å². The van der Waals surface area contributed by atoms with Crippen molar-refractivity contribution in [2.75, 3.05) is 31.9 Å². The Labute approximate surface area is 126 Å². The molecule has 2 aliphatic heterocycles. The molecule has 3 rings (SSSR count). The molecule has 0 saturated carbocycles. The van der Waals surface area contributed by atoms with Crippen molar-refractivity contribution in [1.82, 2.24) is 9.21 Å². The van der Waals surface area contributed by atoms with Crippen LogP contribution in [-0.4, -0.2) is 49.8 Å². The van der Waals surface area contributed by atoms with Crippen LogP contribution in [-0.2, 0) is 10.0 Å². The summed E-state index contributed by atoms with van der Waals surface area (Å²) in [6, 6.07) is 6.88. The topological polar surface area (TPSA) is 66.6 Å². The molecule has 1 aromatic carbocycles. The fourth-order valence-corrected chi connectivity index (χ4v) is 4.85. The molecule has 2 N–H and O–H groups in total. The SMILES string of the molecule is Nc1ccc(S(=O)(=O)N2CCCC(N3CCCC3)C2)cc1. The van der Waals surface area contributed by atoms with Crippen LogP contribution < -0.4 is 5.73 Å². The summed E-state index contributed by atoms with van der Waals surface area (Å²) in [4.78, 5) is 2.80. The molecule has 21 heavy (non-hydrogen) atoms. The monoisotopic (exact) mass is 309 g/mol. The largest absolute Gasteiger partial charge is 0.399 e. The van der Waals surface area contributed by atoms with Crippen LogP contribution in [0, 0.1) is 0 Å². The van der Waals surface area contributed by atoms with E-state index in [2.05, 4.69) is 4.90 Å². The molecule has 1 aromatic rings. The minimum absolute atomic E-state index is 0.346. The van der Waals surface area contributed by atoms with E-state index in [1.165, 1.54) is 12.8 Å². The first-order chi connectivity index (χ1) is 10.1. The molecule has 2 aliphatic rings. The van der Waals surface area contributed by atoms with Crippen molar-refractivity contribution in [2.45, 2.75) is 36.6 Å². The Morgan fingerprint density at radius 2 is 1.67 bits per heavy atom. The third-order valence-corrected chi connectivity index (χ3v) is 6.41. The Kier molecular flexibility index (Phi) is 4.19. The van der Waals surface area contributed by atoms with Gasteiger partial charge in [0.2, 0.25) is 10.0 Å². The van der Waals surface area contributed by atoms with Gasteiger partial charge >= 0.3 is 0 Å². The molecular weight excluding hydrogens is 286 g/mol. The zero-order chi connectivity index (χ0) is 14.9. The minimum atomic E-state index is -3.39. The summed E-state index contributed by atoms with van der Waals surface area (Å²) in [7, 11) is -3.39. The quantitative estimate of drug-likeness (QED) is 0.860. The van der Waals surface area contributed by atoms with Crippen LogP contribution in [0.5, 0.6) is 0 Å². The fraction of sp³-hybridized carbons (Fsp3) is 0.600. The normalized spacial score (nSPS) is 25.2. The Bertz CT molecular complexity index is 579. The number of anilines is 1. The van der Waals surface area contributed by atoms with Crippen LogP contribution in [0.3, 0.4) is 0 Å². The number of hydrogen-bond donors (Lipinski definition) is 1. The van der Waals surface area contributed by atoms with Crippen LogP contribution in [0.25, 0.3) is 0 Å². The number of sulfonamides is 1. The van der Waals surface area contributed by atoms with Crippen LogP contribution in [0.1, 0.15) is 25.7 Å². The molecule has 2 saturated heterocycles. The highest BCUT2D eigenvalue weighted by Crippen LogP contribution is 2.25. The van der Waals surface area contributed by atoms with Crippen molar-refractivity contribution >= 4 is 15.7 Å².